The first-order chi connectivity index (χ1) is 18.0. The Labute approximate surface area is 215 Å². The molecule has 1 unspecified atom stereocenters. The van der Waals surface area contributed by atoms with Crippen LogP contribution in [0.5, 0.6) is 11.5 Å². The molecular weight excluding hydrogens is 469 g/mol. The minimum atomic E-state index is -0.504. The molecule has 0 spiro atoms. The van der Waals surface area contributed by atoms with Gasteiger partial charge in [-0.25, -0.2) is 0 Å². The van der Waals surface area contributed by atoms with E-state index in [4.69, 9.17) is 20.6 Å². The van der Waals surface area contributed by atoms with Crippen molar-refractivity contribution in [2.45, 2.75) is 13.0 Å². The van der Waals surface area contributed by atoms with Gasteiger partial charge in [-0.1, -0.05) is 12.1 Å². The first kappa shape index (κ1) is 24.5. The van der Waals surface area contributed by atoms with E-state index in [1.165, 1.54) is 6.21 Å². The molecule has 0 amide bonds. The van der Waals surface area contributed by atoms with Gasteiger partial charge in [0.25, 0.3) is 0 Å². The Morgan fingerprint density at radius 3 is 2.65 bits per heavy atom. The zero-order valence-electron chi connectivity index (χ0n) is 20.6. The number of anilines is 1. The quantitative estimate of drug-likeness (QED) is 0.339. The minimum absolute atomic E-state index is 0.162. The van der Waals surface area contributed by atoms with Crippen LogP contribution in [0.1, 0.15) is 41.0 Å². The molecule has 1 atom stereocenters. The number of likely N-dealkylation sites (tertiary alicyclic amines) is 1. The number of pyridine rings is 1. The first-order valence-electron chi connectivity index (χ1n) is 12.2. The van der Waals surface area contributed by atoms with Gasteiger partial charge in [0.05, 0.1) is 30.2 Å². The number of hydrogen-bond donors (Lipinski definition) is 2. The standard InChI is InChI=1S/C29H28FN5O2/c1-18-27(21-4-2-19(13-31)3-5-21)29(37-26-9-7-24(33)23(14-32)28(18)26)25-8-6-22(15-34-25)36-11-10-35-16-20(12-30)17-35/h2-9,14-15,20,29,32H,10-12,16-17,33H2,1H3. The largest absolute Gasteiger partial charge is 0.491 e. The summed E-state index contributed by atoms with van der Waals surface area (Å²) in [5.41, 5.74) is 12.1. The maximum Gasteiger partial charge on any atom is 0.166 e. The van der Waals surface area contributed by atoms with E-state index in [1.807, 2.05) is 37.3 Å². The molecule has 5 rings (SSSR count). The topological polar surface area (TPSA) is 108 Å². The lowest BCUT2D eigenvalue weighted by molar-refractivity contribution is 0.0668. The van der Waals surface area contributed by atoms with Crippen LogP contribution >= 0.6 is 0 Å². The number of nitriles is 1. The van der Waals surface area contributed by atoms with E-state index in [1.54, 1.807) is 24.4 Å². The average molecular weight is 498 g/mol. The van der Waals surface area contributed by atoms with Gasteiger partial charge < -0.3 is 20.6 Å². The number of nitrogens with one attached hydrogen (secondary N) is 1. The minimum Gasteiger partial charge on any atom is -0.491 e. The van der Waals surface area contributed by atoms with E-state index in [0.717, 1.165) is 41.9 Å². The monoisotopic (exact) mass is 497 g/mol. The fourth-order valence-corrected chi connectivity index (χ4v) is 4.96. The summed E-state index contributed by atoms with van der Waals surface area (Å²) in [7, 11) is 0. The van der Waals surface area contributed by atoms with Gasteiger partial charge in [0.2, 0.25) is 0 Å². The van der Waals surface area contributed by atoms with E-state index >= 15 is 0 Å². The molecule has 0 aliphatic carbocycles. The Hall–Kier alpha value is -4.22. The summed E-state index contributed by atoms with van der Waals surface area (Å²) in [6, 6.07) is 16.8. The number of benzene rings is 2. The molecule has 1 aromatic heterocycles. The Bertz CT molecular complexity index is 1370. The third kappa shape index (κ3) is 4.78. The van der Waals surface area contributed by atoms with E-state index < -0.39 is 6.10 Å². The van der Waals surface area contributed by atoms with Crippen molar-refractivity contribution < 1.29 is 13.9 Å². The van der Waals surface area contributed by atoms with Crippen LogP contribution in [0.15, 0.2) is 54.7 Å². The number of aromatic nitrogens is 1. The molecule has 3 aromatic rings. The third-order valence-electron chi connectivity index (χ3n) is 6.95. The summed E-state index contributed by atoms with van der Waals surface area (Å²) < 4.78 is 25.0. The van der Waals surface area contributed by atoms with Gasteiger partial charge in [-0.05, 0) is 54.5 Å². The van der Waals surface area contributed by atoms with Crippen LogP contribution in [0.25, 0.3) is 11.1 Å². The van der Waals surface area contributed by atoms with E-state index in [-0.39, 0.29) is 12.6 Å². The molecule has 37 heavy (non-hydrogen) atoms. The van der Waals surface area contributed by atoms with Crippen molar-refractivity contribution in [1.82, 2.24) is 9.88 Å². The van der Waals surface area contributed by atoms with Gasteiger partial charge in [0.15, 0.2) is 6.10 Å². The SMILES string of the molecule is CC1=C(c2ccc(C#N)cc2)C(c2ccc(OCCN3CC(CF)C3)cn2)Oc2ccc(N)c(C=N)c21. The lowest BCUT2D eigenvalue weighted by Crippen LogP contribution is -2.49. The molecule has 1 saturated heterocycles. The molecule has 1 fully saturated rings. The molecule has 0 bridgehead atoms. The number of rotatable bonds is 8. The van der Waals surface area contributed by atoms with E-state index in [2.05, 4.69) is 16.0 Å². The van der Waals surface area contributed by atoms with Crippen molar-refractivity contribution in [3.8, 4) is 17.6 Å². The van der Waals surface area contributed by atoms with Crippen molar-refractivity contribution >= 4 is 23.0 Å². The highest BCUT2D eigenvalue weighted by atomic mass is 19.1. The lowest BCUT2D eigenvalue weighted by atomic mass is 9.85. The zero-order valence-corrected chi connectivity index (χ0v) is 20.6. The van der Waals surface area contributed by atoms with Gasteiger partial charge in [-0.2, -0.15) is 5.26 Å². The number of ether oxygens (including phenoxy) is 2. The summed E-state index contributed by atoms with van der Waals surface area (Å²) >= 11 is 0. The first-order valence-corrected chi connectivity index (χ1v) is 12.2. The molecule has 2 aliphatic rings. The second-order valence-electron chi connectivity index (χ2n) is 9.36. The highest BCUT2D eigenvalue weighted by Crippen LogP contribution is 2.48. The number of hydrogen-bond acceptors (Lipinski definition) is 7. The van der Waals surface area contributed by atoms with Gasteiger partial charge in [0.1, 0.15) is 18.1 Å². The number of nitrogen functional groups attached to an aromatic ring is 1. The van der Waals surface area contributed by atoms with E-state index in [0.29, 0.717) is 40.6 Å². The highest BCUT2D eigenvalue weighted by molar-refractivity contribution is 6.03. The molecular formula is C29H28FN5O2. The van der Waals surface area contributed by atoms with Crippen LogP contribution < -0.4 is 15.2 Å². The van der Waals surface area contributed by atoms with Gasteiger partial charge in [0, 0.05) is 54.2 Å². The number of halogens is 1. The maximum atomic E-state index is 12.6. The molecule has 3 heterocycles. The van der Waals surface area contributed by atoms with Crippen molar-refractivity contribution in [1.29, 1.82) is 10.7 Å². The molecule has 2 aromatic carbocycles. The Morgan fingerprint density at radius 1 is 1.22 bits per heavy atom. The maximum absolute atomic E-state index is 12.6. The number of allylic oxidation sites excluding steroid dienone is 1. The Balaban J connectivity index is 1.44. The number of fused-ring (bicyclic) bond motifs is 1. The number of nitrogens with two attached hydrogens (primary N) is 1. The fourth-order valence-electron chi connectivity index (χ4n) is 4.96. The van der Waals surface area contributed by atoms with Crippen LogP contribution in [-0.2, 0) is 0 Å². The van der Waals surface area contributed by atoms with Crippen LogP contribution in [0, 0.1) is 22.7 Å². The smallest absolute Gasteiger partial charge is 0.166 e. The zero-order chi connectivity index (χ0) is 25.9. The molecule has 0 saturated carbocycles. The third-order valence-corrected chi connectivity index (χ3v) is 6.95. The van der Waals surface area contributed by atoms with Gasteiger partial charge >= 0.3 is 0 Å². The van der Waals surface area contributed by atoms with E-state index in [9.17, 15) is 9.65 Å². The van der Waals surface area contributed by atoms with Crippen LogP contribution in [0.3, 0.4) is 0 Å². The van der Waals surface area contributed by atoms with Crippen LogP contribution in [-0.4, -0.2) is 49.0 Å². The second kappa shape index (κ2) is 10.4. The number of alkyl halides is 1. The fraction of sp³-hybridized carbons (Fsp3) is 0.276. The Morgan fingerprint density at radius 2 is 2.00 bits per heavy atom. The molecule has 8 heteroatoms. The van der Waals surface area contributed by atoms with Gasteiger partial charge in [-0.15, -0.1) is 0 Å². The molecule has 2 aliphatic heterocycles. The summed E-state index contributed by atoms with van der Waals surface area (Å²) in [4.78, 5) is 6.84. The molecule has 3 N–H and O–H groups in total. The predicted molar refractivity (Wildman–Crippen MR) is 141 cm³/mol. The highest BCUT2D eigenvalue weighted by Gasteiger charge is 2.32. The summed E-state index contributed by atoms with van der Waals surface area (Å²) in [6.45, 7) is 4.57. The number of nitrogens with zero attached hydrogens (tertiary/aromatic N) is 3. The molecule has 0 radical (unpaired) electrons. The van der Waals surface area contributed by atoms with Crippen molar-refractivity contribution in [3.05, 3.63) is 82.7 Å². The summed E-state index contributed by atoms with van der Waals surface area (Å²) in [5, 5.41) is 17.2. The van der Waals surface area contributed by atoms with Gasteiger partial charge in [-0.3, -0.25) is 14.3 Å². The second-order valence-corrected chi connectivity index (χ2v) is 9.36. The lowest BCUT2D eigenvalue weighted by Gasteiger charge is -2.37. The van der Waals surface area contributed by atoms with Crippen molar-refractivity contribution in [2.24, 2.45) is 5.92 Å². The van der Waals surface area contributed by atoms with Crippen LogP contribution in [0.2, 0.25) is 0 Å². The van der Waals surface area contributed by atoms with Crippen molar-refractivity contribution in [2.75, 3.05) is 38.6 Å². The molecule has 7 nitrogen and oxygen atoms in total. The van der Waals surface area contributed by atoms with Crippen molar-refractivity contribution in [3.63, 3.8) is 0 Å². The predicted octanol–water partition coefficient (Wildman–Crippen LogP) is 4.88. The average Bonchev–Trinajstić information content (AvgIpc) is 2.90. The van der Waals surface area contributed by atoms with Crippen LogP contribution in [0.4, 0.5) is 10.1 Å². The summed E-state index contributed by atoms with van der Waals surface area (Å²) in [5.74, 6) is 1.45. The Kier molecular flexibility index (Phi) is 6.89. The molecule has 188 valence electrons. The normalized spacial score (nSPS) is 17.4. The summed E-state index contributed by atoms with van der Waals surface area (Å²) in [6.07, 6.45) is 2.43.